The molecule has 2 aliphatic rings. The SMILES string of the molecule is CSc1cccc(Nc2nc(C3=CN=C4C=CC=CN3C4)cs2)c1. The molecule has 2 bridgehead atoms. The zero-order valence-electron chi connectivity index (χ0n) is 13.1. The molecular weight excluding hydrogens is 336 g/mol. The van der Waals surface area contributed by atoms with E-state index in [0.717, 1.165) is 34.5 Å². The van der Waals surface area contributed by atoms with Crippen LogP contribution in [0.25, 0.3) is 5.70 Å². The molecule has 4 rings (SSSR count). The molecule has 0 fully saturated rings. The zero-order chi connectivity index (χ0) is 16.4. The predicted molar refractivity (Wildman–Crippen MR) is 104 cm³/mol. The van der Waals surface area contributed by atoms with Crippen LogP contribution in [0.2, 0.25) is 0 Å². The minimum Gasteiger partial charge on any atom is -0.339 e. The number of allylic oxidation sites excluding steroid dienone is 2. The quantitative estimate of drug-likeness (QED) is 0.807. The largest absolute Gasteiger partial charge is 0.339 e. The number of rotatable bonds is 4. The van der Waals surface area contributed by atoms with Gasteiger partial charge in [0.1, 0.15) is 5.69 Å². The van der Waals surface area contributed by atoms with E-state index in [-0.39, 0.29) is 0 Å². The number of aromatic nitrogens is 1. The first kappa shape index (κ1) is 15.2. The second-order valence-electron chi connectivity index (χ2n) is 5.36. The molecule has 6 heteroatoms. The highest BCUT2D eigenvalue weighted by Gasteiger charge is 2.18. The number of fused-ring (bicyclic) bond motifs is 2. The normalized spacial score (nSPS) is 15.8. The Morgan fingerprint density at radius 3 is 3.17 bits per heavy atom. The Labute approximate surface area is 149 Å². The third kappa shape index (κ3) is 3.16. The van der Waals surface area contributed by atoms with Gasteiger partial charge in [-0.2, -0.15) is 0 Å². The van der Waals surface area contributed by atoms with Crippen LogP contribution in [0.3, 0.4) is 0 Å². The van der Waals surface area contributed by atoms with Gasteiger partial charge in [-0.15, -0.1) is 23.1 Å². The summed E-state index contributed by atoms with van der Waals surface area (Å²) in [5.74, 6) is 0. The lowest BCUT2D eigenvalue weighted by atomic mass is 10.2. The Morgan fingerprint density at radius 1 is 1.29 bits per heavy atom. The molecule has 0 spiro atoms. The first-order chi connectivity index (χ1) is 11.8. The first-order valence-electron chi connectivity index (χ1n) is 7.57. The van der Waals surface area contributed by atoms with Crippen molar-refractivity contribution in [3.8, 4) is 0 Å². The van der Waals surface area contributed by atoms with Crippen LogP contribution in [0.15, 0.2) is 70.2 Å². The maximum absolute atomic E-state index is 4.73. The van der Waals surface area contributed by atoms with E-state index in [9.17, 15) is 0 Å². The van der Waals surface area contributed by atoms with Gasteiger partial charge < -0.3 is 10.2 Å². The zero-order valence-corrected chi connectivity index (χ0v) is 14.8. The van der Waals surface area contributed by atoms with Crippen molar-refractivity contribution in [1.29, 1.82) is 0 Å². The number of hydrogen-bond acceptors (Lipinski definition) is 6. The number of nitrogens with zero attached hydrogens (tertiary/aromatic N) is 3. The Bertz CT molecular complexity index is 877. The maximum Gasteiger partial charge on any atom is 0.187 e. The van der Waals surface area contributed by atoms with Crippen molar-refractivity contribution in [2.75, 3.05) is 18.1 Å². The number of aliphatic imine (C=N–C) groups is 1. The summed E-state index contributed by atoms with van der Waals surface area (Å²) in [7, 11) is 0. The van der Waals surface area contributed by atoms with Crippen molar-refractivity contribution < 1.29 is 0 Å². The van der Waals surface area contributed by atoms with Gasteiger partial charge in [-0.1, -0.05) is 12.1 Å². The van der Waals surface area contributed by atoms with Gasteiger partial charge in [-0.05, 0) is 36.6 Å². The number of anilines is 2. The summed E-state index contributed by atoms with van der Waals surface area (Å²) in [5.41, 5.74) is 4.09. The van der Waals surface area contributed by atoms with Crippen LogP contribution in [0.1, 0.15) is 5.69 Å². The van der Waals surface area contributed by atoms with Gasteiger partial charge in [-0.3, -0.25) is 4.99 Å². The van der Waals surface area contributed by atoms with Crippen molar-refractivity contribution in [3.63, 3.8) is 0 Å². The second-order valence-corrected chi connectivity index (χ2v) is 7.10. The van der Waals surface area contributed by atoms with Crippen LogP contribution in [-0.4, -0.2) is 28.4 Å². The monoisotopic (exact) mass is 352 g/mol. The van der Waals surface area contributed by atoms with Crippen LogP contribution >= 0.6 is 23.1 Å². The van der Waals surface area contributed by atoms with Crippen molar-refractivity contribution in [2.45, 2.75) is 4.90 Å². The van der Waals surface area contributed by atoms with Gasteiger partial charge in [-0.25, -0.2) is 4.98 Å². The lowest BCUT2D eigenvalue weighted by Crippen LogP contribution is -2.24. The summed E-state index contributed by atoms with van der Waals surface area (Å²) in [4.78, 5) is 12.6. The van der Waals surface area contributed by atoms with Crippen molar-refractivity contribution in [1.82, 2.24) is 9.88 Å². The first-order valence-corrected chi connectivity index (χ1v) is 9.67. The molecule has 0 amide bonds. The number of hydrogen-bond donors (Lipinski definition) is 1. The van der Waals surface area contributed by atoms with Gasteiger partial charge in [0, 0.05) is 22.2 Å². The van der Waals surface area contributed by atoms with Crippen molar-refractivity contribution in [3.05, 3.63) is 66.0 Å². The number of benzene rings is 1. The Kier molecular flexibility index (Phi) is 4.23. The molecule has 0 saturated carbocycles. The van der Waals surface area contributed by atoms with Gasteiger partial charge in [0.05, 0.1) is 24.2 Å². The fourth-order valence-electron chi connectivity index (χ4n) is 2.55. The molecule has 0 unspecified atom stereocenters. The Morgan fingerprint density at radius 2 is 2.25 bits per heavy atom. The molecule has 3 heterocycles. The lowest BCUT2D eigenvalue weighted by molar-refractivity contribution is 0.602. The maximum atomic E-state index is 4.73. The summed E-state index contributed by atoms with van der Waals surface area (Å²) < 4.78 is 0. The minimum atomic E-state index is 0.787. The van der Waals surface area contributed by atoms with Gasteiger partial charge in [0.2, 0.25) is 0 Å². The molecule has 4 nitrogen and oxygen atoms in total. The van der Waals surface area contributed by atoms with E-state index in [2.05, 4.69) is 57.3 Å². The molecule has 1 N–H and O–H groups in total. The molecular formula is C18H16N4S2. The molecule has 24 heavy (non-hydrogen) atoms. The van der Waals surface area contributed by atoms with Crippen LogP contribution in [0, 0.1) is 0 Å². The standard InChI is InChI=1S/C18H16N4S2/c1-23-15-7-4-6-13(9-15)20-18-21-16(12-24-18)17-10-19-14-5-2-3-8-22(17)11-14/h2-10,12H,11H2,1H3,(H,20,21). The smallest absolute Gasteiger partial charge is 0.187 e. The Hall–Kier alpha value is -2.31. The summed E-state index contributed by atoms with van der Waals surface area (Å²) in [6.45, 7) is 0.787. The topological polar surface area (TPSA) is 40.5 Å². The van der Waals surface area contributed by atoms with Crippen LogP contribution in [-0.2, 0) is 0 Å². The third-order valence-electron chi connectivity index (χ3n) is 3.75. The highest BCUT2D eigenvalue weighted by atomic mass is 32.2. The average Bonchev–Trinajstić information content (AvgIpc) is 2.98. The summed E-state index contributed by atoms with van der Waals surface area (Å²) >= 11 is 3.34. The molecule has 2 aliphatic heterocycles. The molecule has 0 aliphatic carbocycles. The lowest BCUT2D eigenvalue weighted by Gasteiger charge is -2.24. The fourth-order valence-corrected chi connectivity index (χ4v) is 3.74. The van der Waals surface area contributed by atoms with Crippen LogP contribution < -0.4 is 5.32 Å². The molecule has 0 atom stereocenters. The summed E-state index contributed by atoms with van der Waals surface area (Å²) in [6, 6.07) is 8.34. The van der Waals surface area contributed by atoms with Crippen molar-refractivity contribution in [2.24, 2.45) is 4.99 Å². The van der Waals surface area contributed by atoms with Gasteiger partial charge >= 0.3 is 0 Å². The summed E-state index contributed by atoms with van der Waals surface area (Å²) in [5, 5.41) is 6.34. The predicted octanol–water partition coefficient (Wildman–Crippen LogP) is 4.75. The van der Waals surface area contributed by atoms with Gasteiger partial charge in [0.25, 0.3) is 0 Å². The van der Waals surface area contributed by atoms with Crippen LogP contribution in [0.4, 0.5) is 10.8 Å². The number of nitrogens with one attached hydrogen (secondary N) is 1. The van der Waals surface area contributed by atoms with Crippen LogP contribution in [0.5, 0.6) is 0 Å². The van der Waals surface area contributed by atoms with E-state index < -0.39 is 0 Å². The highest BCUT2D eigenvalue weighted by Crippen LogP contribution is 2.29. The van der Waals surface area contributed by atoms with E-state index in [1.54, 1.807) is 23.1 Å². The summed E-state index contributed by atoms with van der Waals surface area (Å²) in [6.07, 6.45) is 12.1. The molecule has 2 aromatic rings. The molecule has 1 aromatic carbocycles. The van der Waals surface area contributed by atoms with Crippen molar-refractivity contribution >= 4 is 45.3 Å². The fraction of sp³-hybridized carbons (Fsp3) is 0.111. The van der Waals surface area contributed by atoms with Gasteiger partial charge in [0.15, 0.2) is 5.13 Å². The van der Waals surface area contributed by atoms with E-state index in [4.69, 9.17) is 4.98 Å². The average molecular weight is 352 g/mol. The van der Waals surface area contributed by atoms with E-state index in [1.807, 2.05) is 24.4 Å². The van der Waals surface area contributed by atoms with E-state index in [0.29, 0.717) is 0 Å². The number of thiazole rings is 1. The molecule has 0 saturated heterocycles. The minimum absolute atomic E-state index is 0.787. The highest BCUT2D eigenvalue weighted by molar-refractivity contribution is 7.98. The number of thioether (sulfide) groups is 1. The third-order valence-corrected chi connectivity index (χ3v) is 5.23. The van der Waals surface area contributed by atoms with E-state index >= 15 is 0 Å². The Balaban J connectivity index is 1.57. The second kappa shape index (κ2) is 6.67. The van der Waals surface area contributed by atoms with E-state index in [1.165, 1.54) is 4.90 Å². The molecule has 0 radical (unpaired) electrons. The molecule has 1 aromatic heterocycles. The molecule has 120 valence electrons.